The van der Waals surface area contributed by atoms with E-state index >= 15 is 0 Å². The highest BCUT2D eigenvalue weighted by Gasteiger charge is 2.12. The van der Waals surface area contributed by atoms with Crippen molar-refractivity contribution in [1.29, 1.82) is 0 Å². The fourth-order valence-corrected chi connectivity index (χ4v) is 2.48. The average molecular weight is 329 g/mol. The summed E-state index contributed by atoms with van der Waals surface area (Å²) in [5, 5.41) is 11.3. The molecule has 2 N–H and O–H groups in total. The number of para-hydroxylation sites is 1. The van der Waals surface area contributed by atoms with Gasteiger partial charge in [0.2, 0.25) is 0 Å². The molecule has 0 saturated heterocycles. The van der Waals surface area contributed by atoms with Gasteiger partial charge in [-0.3, -0.25) is 4.99 Å². The number of halogens is 1. The second-order valence-corrected chi connectivity index (χ2v) is 5.28. The highest BCUT2D eigenvalue weighted by atomic mass is 35.5. The zero-order chi connectivity index (χ0) is 16.4. The fourth-order valence-electron chi connectivity index (χ4n) is 2.30. The van der Waals surface area contributed by atoms with E-state index in [9.17, 15) is 9.90 Å². The molecule has 0 saturated carbocycles. The topological polar surface area (TPSA) is 74.7 Å². The van der Waals surface area contributed by atoms with Crippen LogP contribution in [-0.4, -0.2) is 29.4 Å². The average Bonchev–Trinajstić information content (AvgIpc) is 2.87. The Hall–Kier alpha value is -2.79. The van der Waals surface area contributed by atoms with Crippen LogP contribution >= 0.6 is 11.6 Å². The smallest absolute Gasteiger partial charge is 0.340 e. The summed E-state index contributed by atoms with van der Waals surface area (Å²) in [7, 11) is 1.32. The first-order chi connectivity index (χ1) is 11.1. The molecule has 0 radical (unpaired) electrons. The van der Waals surface area contributed by atoms with Crippen molar-refractivity contribution in [2.24, 2.45) is 4.99 Å². The highest BCUT2D eigenvalue weighted by molar-refractivity contribution is 6.31. The number of carbonyl (C=O) groups excluding carboxylic acids is 1. The van der Waals surface area contributed by atoms with E-state index in [0.29, 0.717) is 21.8 Å². The Morgan fingerprint density at radius 3 is 2.87 bits per heavy atom. The van der Waals surface area contributed by atoms with Gasteiger partial charge in [-0.15, -0.1) is 0 Å². The molecule has 0 amide bonds. The molecule has 0 aliphatic carbocycles. The molecule has 0 aliphatic heterocycles. The minimum absolute atomic E-state index is 0.0124. The molecule has 0 fully saturated rings. The van der Waals surface area contributed by atoms with Crippen LogP contribution in [0.4, 0.5) is 5.69 Å². The second-order valence-electron chi connectivity index (χ2n) is 4.84. The van der Waals surface area contributed by atoms with Gasteiger partial charge in [-0.1, -0.05) is 23.7 Å². The molecule has 23 heavy (non-hydrogen) atoms. The van der Waals surface area contributed by atoms with E-state index in [1.165, 1.54) is 13.3 Å². The number of ether oxygens (including phenoxy) is 1. The Kier molecular flexibility index (Phi) is 4.04. The molecular weight excluding hydrogens is 316 g/mol. The number of H-pyrrole nitrogens is 1. The number of aromatic amines is 1. The number of rotatable bonds is 3. The van der Waals surface area contributed by atoms with Crippen molar-refractivity contribution in [2.45, 2.75) is 0 Å². The van der Waals surface area contributed by atoms with Crippen LogP contribution in [0.1, 0.15) is 15.9 Å². The predicted octanol–water partition coefficient (Wildman–Crippen LogP) is 4.06. The summed E-state index contributed by atoms with van der Waals surface area (Å²) in [6.07, 6.45) is 1.49. The number of nitrogens with one attached hydrogen (secondary N) is 1. The first kappa shape index (κ1) is 15.1. The summed E-state index contributed by atoms with van der Waals surface area (Å²) in [4.78, 5) is 18.9. The van der Waals surface area contributed by atoms with Crippen molar-refractivity contribution in [3.05, 3.63) is 58.6 Å². The normalized spacial score (nSPS) is 11.2. The summed E-state index contributed by atoms with van der Waals surface area (Å²) >= 11 is 6.00. The zero-order valence-corrected chi connectivity index (χ0v) is 13.0. The first-order valence-corrected chi connectivity index (χ1v) is 7.19. The lowest BCUT2D eigenvalue weighted by Gasteiger charge is -2.02. The largest absolute Gasteiger partial charge is 0.494 e. The number of hydrogen-bond donors (Lipinski definition) is 2. The van der Waals surface area contributed by atoms with E-state index in [4.69, 9.17) is 16.3 Å². The number of benzene rings is 2. The Balaban J connectivity index is 2.06. The van der Waals surface area contributed by atoms with Gasteiger partial charge in [0, 0.05) is 22.1 Å². The molecule has 6 heteroatoms. The summed E-state index contributed by atoms with van der Waals surface area (Å²) < 4.78 is 4.74. The van der Waals surface area contributed by atoms with Crippen LogP contribution in [-0.2, 0) is 4.74 Å². The molecular formula is C17H13ClN2O3. The molecule has 1 aromatic heterocycles. The summed E-state index contributed by atoms with van der Waals surface area (Å²) in [5.74, 6) is -0.481. The van der Waals surface area contributed by atoms with Crippen molar-refractivity contribution in [3.8, 4) is 5.88 Å². The number of nitrogens with zero attached hydrogens (tertiary/aromatic N) is 1. The number of esters is 1. The number of methoxy groups -OCH3 is 1. The quantitative estimate of drug-likeness (QED) is 0.562. The molecule has 3 aromatic rings. The third-order valence-corrected chi connectivity index (χ3v) is 3.66. The van der Waals surface area contributed by atoms with Crippen LogP contribution in [0.15, 0.2) is 47.5 Å². The van der Waals surface area contributed by atoms with Gasteiger partial charge in [-0.2, -0.15) is 0 Å². The molecule has 0 spiro atoms. The fraction of sp³-hybridized carbons (Fsp3) is 0.0588. The van der Waals surface area contributed by atoms with E-state index in [-0.39, 0.29) is 5.88 Å². The predicted molar refractivity (Wildman–Crippen MR) is 90.0 cm³/mol. The van der Waals surface area contributed by atoms with Crippen molar-refractivity contribution < 1.29 is 14.6 Å². The van der Waals surface area contributed by atoms with Crippen LogP contribution in [0.3, 0.4) is 0 Å². The van der Waals surface area contributed by atoms with Gasteiger partial charge in [0.15, 0.2) is 5.88 Å². The Bertz CT molecular complexity index is 915. The number of fused-ring (bicyclic) bond motifs is 1. The van der Waals surface area contributed by atoms with Gasteiger partial charge in [0.05, 0.1) is 23.9 Å². The number of aliphatic imine (C=N–C) groups is 1. The van der Waals surface area contributed by atoms with Crippen LogP contribution < -0.4 is 0 Å². The molecule has 0 unspecified atom stereocenters. The van der Waals surface area contributed by atoms with Crippen molar-refractivity contribution >= 4 is 40.4 Å². The molecule has 1 heterocycles. The van der Waals surface area contributed by atoms with Crippen LogP contribution in [0, 0.1) is 0 Å². The Labute approximate surface area is 137 Å². The van der Waals surface area contributed by atoms with Gasteiger partial charge >= 0.3 is 5.97 Å². The Morgan fingerprint density at radius 1 is 1.30 bits per heavy atom. The van der Waals surface area contributed by atoms with Crippen molar-refractivity contribution in [3.63, 3.8) is 0 Å². The number of aromatic nitrogens is 1. The molecule has 2 aromatic carbocycles. The number of carbonyl (C=O) groups is 1. The van der Waals surface area contributed by atoms with Crippen molar-refractivity contribution in [1.82, 2.24) is 4.98 Å². The SMILES string of the molecule is COC(=O)c1ccccc1N=Cc1c(O)[nH]c2ccc(Cl)cc12. The lowest BCUT2D eigenvalue weighted by Crippen LogP contribution is -2.01. The highest BCUT2D eigenvalue weighted by Crippen LogP contribution is 2.29. The van der Waals surface area contributed by atoms with Gasteiger partial charge in [0.25, 0.3) is 0 Å². The Morgan fingerprint density at radius 2 is 2.09 bits per heavy atom. The maximum Gasteiger partial charge on any atom is 0.340 e. The maximum atomic E-state index is 11.8. The molecule has 0 bridgehead atoms. The monoisotopic (exact) mass is 328 g/mol. The minimum Gasteiger partial charge on any atom is -0.494 e. The van der Waals surface area contributed by atoms with E-state index in [0.717, 1.165) is 10.9 Å². The second kappa shape index (κ2) is 6.14. The number of hydrogen-bond acceptors (Lipinski definition) is 4. The minimum atomic E-state index is -0.469. The molecule has 116 valence electrons. The lowest BCUT2D eigenvalue weighted by atomic mass is 10.1. The molecule has 5 nitrogen and oxygen atoms in total. The van der Waals surface area contributed by atoms with Gasteiger partial charge in [-0.05, 0) is 30.3 Å². The zero-order valence-electron chi connectivity index (χ0n) is 12.2. The van der Waals surface area contributed by atoms with E-state index < -0.39 is 5.97 Å². The summed E-state index contributed by atoms with van der Waals surface area (Å²) in [6, 6.07) is 12.1. The molecule has 0 aliphatic rings. The number of aromatic hydroxyl groups is 1. The molecule has 0 atom stereocenters. The van der Waals surface area contributed by atoms with E-state index in [2.05, 4.69) is 9.98 Å². The van der Waals surface area contributed by atoms with Gasteiger partial charge in [-0.25, -0.2) is 4.79 Å². The van der Waals surface area contributed by atoms with Crippen molar-refractivity contribution in [2.75, 3.05) is 7.11 Å². The summed E-state index contributed by atoms with van der Waals surface area (Å²) in [6.45, 7) is 0. The van der Waals surface area contributed by atoms with Gasteiger partial charge in [0.1, 0.15) is 0 Å². The third-order valence-electron chi connectivity index (χ3n) is 3.42. The van der Waals surface area contributed by atoms with Crippen LogP contribution in [0.2, 0.25) is 5.02 Å². The maximum absolute atomic E-state index is 11.8. The third kappa shape index (κ3) is 2.91. The summed E-state index contributed by atoms with van der Waals surface area (Å²) in [5.41, 5.74) is 2.05. The van der Waals surface area contributed by atoms with E-state index in [1.807, 2.05) is 0 Å². The van der Waals surface area contributed by atoms with Crippen LogP contribution in [0.25, 0.3) is 10.9 Å². The van der Waals surface area contributed by atoms with E-state index in [1.54, 1.807) is 42.5 Å². The first-order valence-electron chi connectivity index (χ1n) is 6.81. The van der Waals surface area contributed by atoms with Crippen LogP contribution in [0.5, 0.6) is 5.88 Å². The molecule has 3 rings (SSSR count). The lowest BCUT2D eigenvalue weighted by molar-refractivity contribution is 0.0601. The standard InChI is InChI=1S/C17H13ClN2O3/c1-23-17(22)11-4-2-3-5-14(11)19-9-13-12-8-10(18)6-7-15(12)20-16(13)21/h2-9,20-21H,1H3. The van der Waals surface area contributed by atoms with Gasteiger partial charge < -0.3 is 14.8 Å².